The van der Waals surface area contributed by atoms with E-state index in [1.54, 1.807) is 0 Å². The highest BCUT2D eigenvalue weighted by Gasteiger charge is 2.35. The van der Waals surface area contributed by atoms with Crippen molar-refractivity contribution in [2.75, 3.05) is 7.05 Å². The summed E-state index contributed by atoms with van der Waals surface area (Å²) in [7, 11) is 1.97. The van der Waals surface area contributed by atoms with Crippen LogP contribution in [0, 0.1) is 0 Å². The number of aliphatic hydroxyl groups excluding tert-OH is 1. The molecule has 0 aromatic rings. The molecule has 2 N–H and O–H groups in total. The Morgan fingerprint density at radius 2 is 2.07 bits per heavy atom. The van der Waals surface area contributed by atoms with Gasteiger partial charge in [0.25, 0.3) is 0 Å². The Morgan fingerprint density at radius 3 is 2.53 bits per heavy atom. The molecule has 0 saturated heterocycles. The van der Waals surface area contributed by atoms with E-state index in [9.17, 15) is 9.90 Å². The van der Waals surface area contributed by atoms with Crippen LogP contribution in [0.4, 0.5) is 0 Å². The summed E-state index contributed by atoms with van der Waals surface area (Å²) in [6.45, 7) is 1.93. The fourth-order valence-corrected chi connectivity index (χ4v) is 1.94. The molecule has 86 valence electrons. The zero-order valence-corrected chi connectivity index (χ0v) is 9.44. The summed E-state index contributed by atoms with van der Waals surface area (Å²) in [6, 6.07) is 0.725. The van der Waals surface area contributed by atoms with Gasteiger partial charge in [-0.1, -0.05) is 0 Å². The van der Waals surface area contributed by atoms with Crippen molar-refractivity contribution >= 4 is 5.91 Å². The molecule has 2 aliphatic rings. The second-order valence-corrected chi connectivity index (χ2v) is 4.90. The summed E-state index contributed by atoms with van der Waals surface area (Å²) < 4.78 is 0. The van der Waals surface area contributed by atoms with E-state index in [1.165, 1.54) is 0 Å². The van der Waals surface area contributed by atoms with Crippen LogP contribution >= 0.6 is 0 Å². The van der Waals surface area contributed by atoms with Gasteiger partial charge in [-0.2, -0.15) is 0 Å². The van der Waals surface area contributed by atoms with E-state index in [0.717, 1.165) is 25.7 Å². The zero-order chi connectivity index (χ0) is 11.0. The monoisotopic (exact) mass is 212 g/mol. The number of amides is 1. The minimum Gasteiger partial charge on any atom is -0.393 e. The average molecular weight is 212 g/mol. The van der Waals surface area contributed by atoms with Crippen molar-refractivity contribution in [2.45, 2.75) is 56.8 Å². The minimum absolute atomic E-state index is 0.0805. The van der Waals surface area contributed by atoms with Crippen LogP contribution < -0.4 is 5.32 Å². The van der Waals surface area contributed by atoms with Gasteiger partial charge in [0.15, 0.2) is 0 Å². The average Bonchev–Trinajstić information content (AvgIpc) is 2.94. The van der Waals surface area contributed by atoms with E-state index in [-0.39, 0.29) is 18.1 Å². The van der Waals surface area contributed by atoms with Gasteiger partial charge in [0.1, 0.15) is 0 Å². The van der Waals surface area contributed by atoms with Crippen LogP contribution in [0.5, 0.6) is 0 Å². The molecule has 4 heteroatoms. The lowest BCUT2D eigenvalue weighted by molar-refractivity contribution is -0.128. The van der Waals surface area contributed by atoms with E-state index < -0.39 is 0 Å². The normalized spacial score (nSPS) is 32.3. The fraction of sp³-hybridized carbons (Fsp3) is 0.909. The second kappa shape index (κ2) is 4.10. The van der Waals surface area contributed by atoms with Crippen LogP contribution in [-0.2, 0) is 4.79 Å². The quantitative estimate of drug-likeness (QED) is 0.695. The van der Waals surface area contributed by atoms with Crippen LogP contribution in [0.25, 0.3) is 0 Å². The van der Waals surface area contributed by atoms with Gasteiger partial charge in [0.05, 0.1) is 12.1 Å². The lowest BCUT2D eigenvalue weighted by atomic mass is 9.87. The SMILES string of the molecule is CC(C(=O)NC1CC1)N(C)C1CC(O)C1. The molecule has 2 saturated carbocycles. The van der Waals surface area contributed by atoms with Gasteiger partial charge in [-0.05, 0) is 39.7 Å². The Labute approximate surface area is 90.6 Å². The molecule has 0 radical (unpaired) electrons. The largest absolute Gasteiger partial charge is 0.393 e. The number of rotatable bonds is 4. The molecule has 15 heavy (non-hydrogen) atoms. The number of hydrogen-bond acceptors (Lipinski definition) is 3. The molecule has 0 aromatic heterocycles. The molecular weight excluding hydrogens is 192 g/mol. The van der Waals surface area contributed by atoms with Gasteiger partial charge in [0, 0.05) is 12.1 Å². The number of hydrogen-bond donors (Lipinski definition) is 2. The van der Waals surface area contributed by atoms with Gasteiger partial charge in [-0.15, -0.1) is 0 Å². The maximum absolute atomic E-state index is 11.7. The summed E-state index contributed by atoms with van der Waals surface area (Å²) in [5.74, 6) is 0.126. The van der Waals surface area contributed by atoms with Gasteiger partial charge in [-0.3, -0.25) is 9.69 Å². The van der Waals surface area contributed by atoms with Crippen LogP contribution in [-0.4, -0.2) is 47.2 Å². The number of carbonyl (C=O) groups excluding carboxylic acids is 1. The maximum atomic E-state index is 11.7. The lowest BCUT2D eigenvalue weighted by Gasteiger charge is -2.41. The van der Waals surface area contributed by atoms with Crippen molar-refractivity contribution < 1.29 is 9.90 Å². The summed E-state index contributed by atoms with van der Waals surface area (Å²) >= 11 is 0. The maximum Gasteiger partial charge on any atom is 0.237 e. The smallest absolute Gasteiger partial charge is 0.237 e. The van der Waals surface area contributed by atoms with E-state index >= 15 is 0 Å². The minimum atomic E-state index is -0.156. The molecule has 1 amide bonds. The molecule has 0 aromatic carbocycles. The Kier molecular flexibility index (Phi) is 2.98. The molecule has 2 rings (SSSR count). The third kappa shape index (κ3) is 2.49. The molecule has 4 nitrogen and oxygen atoms in total. The van der Waals surface area contributed by atoms with Crippen molar-refractivity contribution in [3.63, 3.8) is 0 Å². The fourth-order valence-electron chi connectivity index (χ4n) is 1.94. The molecule has 0 bridgehead atoms. The predicted molar refractivity (Wildman–Crippen MR) is 57.4 cm³/mol. The lowest BCUT2D eigenvalue weighted by Crippen LogP contribution is -2.53. The van der Waals surface area contributed by atoms with E-state index in [4.69, 9.17) is 0 Å². The van der Waals surface area contributed by atoms with E-state index in [2.05, 4.69) is 10.2 Å². The summed E-state index contributed by atoms with van der Waals surface area (Å²) in [4.78, 5) is 13.8. The van der Waals surface area contributed by atoms with Crippen LogP contribution in [0.2, 0.25) is 0 Å². The Bertz CT molecular complexity index is 247. The van der Waals surface area contributed by atoms with Crippen LogP contribution in [0.3, 0.4) is 0 Å². The first-order valence-electron chi connectivity index (χ1n) is 5.78. The molecule has 2 aliphatic carbocycles. The number of nitrogens with zero attached hydrogens (tertiary/aromatic N) is 1. The highest BCUT2D eigenvalue weighted by molar-refractivity contribution is 5.81. The van der Waals surface area contributed by atoms with Crippen molar-refractivity contribution in [3.05, 3.63) is 0 Å². The zero-order valence-electron chi connectivity index (χ0n) is 9.44. The van der Waals surface area contributed by atoms with Crippen molar-refractivity contribution in [1.82, 2.24) is 10.2 Å². The number of carbonyl (C=O) groups is 1. The first-order valence-corrected chi connectivity index (χ1v) is 5.78. The van der Waals surface area contributed by atoms with Crippen molar-refractivity contribution in [3.8, 4) is 0 Å². The number of nitrogens with one attached hydrogen (secondary N) is 1. The van der Waals surface area contributed by atoms with Gasteiger partial charge < -0.3 is 10.4 Å². The van der Waals surface area contributed by atoms with E-state index in [0.29, 0.717) is 12.1 Å². The van der Waals surface area contributed by atoms with Gasteiger partial charge in [0.2, 0.25) is 5.91 Å². The molecule has 0 spiro atoms. The number of aliphatic hydroxyl groups is 1. The third-order valence-electron chi connectivity index (χ3n) is 3.58. The molecule has 1 unspecified atom stereocenters. The Morgan fingerprint density at radius 1 is 1.47 bits per heavy atom. The van der Waals surface area contributed by atoms with Gasteiger partial charge in [-0.25, -0.2) is 0 Å². The molecule has 0 aliphatic heterocycles. The van der Waals surface area contributed by atoms with Crippen molar-refractivity contribution in [2.24, 2.45) is 0 Å². The summed E-state index contributed by atoms with van der Waals surface area (Å²) in [6.07, 6.45) is 3.71. The first kappa shape index (κ1) is 10.9. The topological polar surface area (TPSA) is 52.6 Å². The first-order chi connectivity index (χ1) is 7.08. The van der Waals surface area contributed by atoms with E-state index in [1.807, 2.05) is 14.0 Å². The number of likely N-dealkylation sites (N-methyl/N-ethyl adjacent to an activating group) is 1. The predicted octanol–water partition coefficient (Wildman–Crippen LogP) is 0.109. The Balaban J connectivity index is 1.77. The molecule has 0 heterocycles. The van der Waals surface area contributed by atoms with Crippen LogP contribution in [0.1, 0.15) is 32.6 Å². The van der Waals surface area contributed by atoms with Gasteiger partial charge >= 0.3 is 0 Å². The van der Waals surface area contributed by atoms with Crippen LogP contribution in [0.15, 0.2) is 0 Å². The highest BCUT2D eigenvalue weighted by Crippen LogP contribution is 2.26. The molecule has 2 fully saturated rings. The third-order valence-corrected chi connectivity index (χ3v) is 3.58. The highest BCUT2D eigenvalue weighted by atomic mass is 16.3. The molecule has 1 atom stereocenters. The second-order valence-electron chi connectivity index (χ2n) is 4.90. The van der Waals surface area contributed by atoms with Crippen molar-refractivity contribution in [1.29, 1.82) is 0 Å². The Hall–Kier alpha value is -0.610. The standard InChI is InChI=1S/C11H20N2O2/c1-7(11(15)12-8-3-4-8)13(2)9-5-10(14)6-9/h7-10,14H,3-6H2,1-2H3,(H,12,15). The molecular formula is C11H20N2O2. The summed E-state index contributed by atoms with van der Waals surface area (Å²) in [5, 5.41) is 12.2. The summed E-state index contributed by atoms with van der Waals surface area (Å²) in [5.41, 5.74) is 0.